The lowest BCUT2D eigenvalue weighted by atomic mass is 10.2. The van der Waals surface area contributed by atoms with E-state index in [0.717, 1.165) is 23.5 Å². The van der Waals surface area contributed by atoms with E-state index in [4.69, 9.17) is 23.2 Å². The van der Waals surface area contributed by atoms with Gasteiger partial charge in [0.05, 0.1) is 15.7 Å². The zero-order valence-electron chi connectivity index (χ0n) is 11.0. The van der Waals surface area contributed by atoms with Crippen LogP contribution in [0.15, 0.2) is 29.2 Å². The van der Waals surface area contributed by atoms with Gasteiger partial charge in [-0.3, -0.25) is 9.52 Å². The summed E-state index contributed by atoms with van der Waals surface area (Å²) in [5.41, 5.74) is -0.0642. The Bertz CT molecular complexity index is 837. The van der Waals surface area contributed by atoms with Crippen LogP contribution in [0.5, 0.6) is 0 Å². The van der Waals surface area contributed by atoms with Crippen molar-refractivity contribution in [2.75, 3.05) is 10.0 Å². The highest BCUT2D eigenvalue weighted by atomic mass is 35.5. The third kappa shape index (κ3) is 3.89. The van der Waals surface area contributed by atoms with Gasteiger partial charge in [-0.05, 0) is 24.3 Å². The summed E-state index contributed by atoms with van der Waals surface area (Å²) in [6.45, 7) is 1.21. The van der Waals surface area contributed by atoms with E-state index in [1.54, 1.807) is 0 Å². The van der Waals surface area contributed by atoms with Crippen LogP contribution < -0.4 is 10.0 Å². The van der Waals surface area contributed by atoms with Crippen LogP contribution in [-0.2, 0) is 14.8 Å². The fraction of sp³-hybridized carbons (Fsp3) is 0.0833. The molecule has 2 aromatic rings. The minimum atomic E-state index is -3.97. The quantitative estimate of drug-likeness (QED) is 0.840. The molecule has 0 aliphatic carbocycles. The zero-order chi connectivity index (χ0) is 16.5. The number of thiophene rings is 1. The Labute approximate surface area is 140 Å². The molecule has 0 radical (unpaired) electrons. The van der Waals surface area contributed by atoms with Crippen molar-refractivity contribution in [3.63, 3.8) is 0 Å². The molecule has 1 aromatic carbocycles. The van der Waals surface area contributed by atoms with E-state index >= 15 is 0 Å². The molecule has 2 N–H and O–H groups in total. The molecule has 0 unspecified atom stereocenters. The van der Waals surface area contributed by atoms with Gasteiger partial charge in [-0.15, -0.1) is 11.3 Å². The van der Waals surface area contributed by atoms with Gasteiger partial charge in [0.1, 0.15) is 15.0 Å². The maximum absolute atomic E-state index is 13.5. The first-order valence-electron chi connectivity index (χ1n) is 5.74. The Balaban J connectivity index is 2.34. The Morgan fingerprint density at radius 3 is 2.50 bits per heavy atom. The largest absolute Gasteiger partial charge is 0.324 e. The van der Waals surface area contributed by atoms with Crippen molar-refractivity contribution < 1.29 is 17.6 Å². The van der Waals surface area contributed by atoms with Gasteiger partial charge in [-0.1, -0.05) is 23.2 Å². The average molecular weight is 383 g/mol. The van der Waals surface area contributed by atoms with Crippen LogP contribution in [0.3, 0.4) is 0 Å². The highest BCUT2D eigenvalue weighted by molar-refractivity contribution is 7.93. The van der Waals surface area contributed by atoms with Crippen LogP contribution in [0.4, 0.5) is 15.8 Å². The van der Waals surface area contributed by atoms with Gasteiger partial charge in [0.2, 0.25) is 5.91 Å². The number of rotatable bonds is 4. The number of carbonyl (C=O) groups is 1. The Morgan fingerprint density at radius 2 is 1.95 bits per heavy atom. The van der Waals surface area contributed by atoms with E-state index in [-0.39, 0.29) is 24.9 Å². The first-order valence-corrected chi connectivity index (χ1v) is 8.79. The molecule has 1 amide bonds. The van der Waals surface area contributed by atoms with Crippen LogP contribution >= 0.6 is 34.5 Å². The monoisotopic (exact) mass is 382 g/mol. The molecule has 0 spiro atoms. The number of amides is 1. The van der Waals surface area contributed by atoms with Crippen molar-refractivity contribution in [2.45, 2.75) is 11.8 Å². The molecule has 0 aliphatic rings. The molecule has 0 saturated carbocycles. The highest BCUT2D eigenvalue weighted by Gasteiger charge is 2.21. The minimum Gasteiger partial charge on any atom is -0.324 e. The van der Waals surface area contributed by atoms with Gasteiger partial charge in [0.25, 0.3) is 10.0 Å². The third-order valence-electron chi connectivity index (χ3n) is 2.44. The highest BCUT2D eigenvalue weighted by Crippen LogP contribution is 2.35. The van der Waals surface area contributed by atoms with E-state index in [2.05, 4.69) is 10.0 Å². The van der Waals surface area contributed by atoms with Crippen molar-refractivity contribution in [3.05, 3.63) is 38.8 Å². The number of anilines is 2. The fourth-order valence-electron chi connectivity index (χ4n) is 1.59. The standard InChI is InChI=1S/C12H9Cl2FN2O3S2/c1-6(18)16-9-4-7(2-3-8(9)15)17-22(19,20)10-5-11(13)21-12(10)14/h2-5,17H,1H3,(H,16,18). The lowest BCUT2D eigenvalue weighted by Gasteiger charge is -2.10. The normalized spacial score (nSPS) is 11.3. The summed E-state index contributed by atoms with van der Waals surface area (Å²) >= 11 is 12.5. The summed E-state index contributed by atoms with van der Waals surface area (Å²) < 4.78 is 40.5. The molecule has 0 fully saturated rings. The van der Waals surface area contributed by atoms with Crippen molar-refractivity contribution in [2.24, 2.45) is 0 Å². The van der Waals surface area contributed by atoms with E-state index in [0.29, 0.717) is 0 Å². The lowest BCUT2D eigenvalue weighted by molar-refractivity contribution is -0.114. The maximum atomic E-state index is 13.5. The van der Waals surface area contributed by atoms with Crippen molar-refractivity contribution >= 4 is 61.8 Å². The van der Waals surface area contributed by atoms with Gasteiger partial charge in [0, 0.05) is 6.92 Å². The lowest BCUT2D eigenvalue weighted by Crippen LogP contribution is -2.13. The van der Waals surface area contributed by atoms with Crippen LogP contribution in [0.25, 0.3) is 0 Å². The fourth-order valence-corrected chi connectivity index (χ4v) is 4.79. The number of hydrogen-bond donors (Lipinski definition) is 2. The molecule has 1 heterocycles. The summed E-state index contributed by atoms with van der Waals surface area (Å²) in [5, 5.41) is 2.26. The van der Waals surface area contributed by atoms with Crippen molar-refractivity contribution in [3.8, 4) is 0 Å². The number of hydrogen-bond acceptors (Lipinski definition) is 4. The molecule has 118 valence electrons. The summed E-state index contributed by atoms with van der Waals surface area (Å²) in [7, 11) is -3.97. The van der Waals surface area contributed by atoms with Crippen LogP contribution in [0.2, 0.25) is 8.67 Å². The van der Waals surface area contributed by atoms with E-state index in [9.17, 15) is 17.6 Å². The van der Waals surface area contributed by atoms with Gasteiger partial charge in [0.15, 0.2) is 0 Å². The average Bonchev–Trinajstić information content (AvgIpc) is 2.72. The minimum absolute atomic E-state index is 0.0155. The molecular formula is C12H9Cl2FN2O3S2. The summed E-state index contributed by atoms with van der Waals surface area (Å²) in [4.78, 5) is 10.8. The number of carbonyl (C=O) groups excluding carboxylic acids is 1. The molecule has 0 atom stereocenters. The van der Waals surface area contributed by atoms with Crippen molar-refractivity contribution in [1.29, 1.82) is 0 Å². The second-order valence-electron chi connectivity index (χ2n) is 4.17. The second kappa shape index (κ2) is 6.41. The second-order valence-corrected chi connectivity index (χ2v) is 8.11. The third-order valence-corrected chi connectivity index (χ3v) is 5.58. The van der Waals surface area contributed by atoms with Crippen LogP contribution in [0, 0.1) is 5.82 Å². The molecule has 2 rings (SSSR count). The first kappa shape index (κ1) is 17.0. The van der Waals surface area contributed by atoms with Gasteiger partial charge < -0.3 is 5.32 Å². The predicted molar refractivity (Wildman–Crippen MR) is 85.9 cm³/mol. The molecule has 5 nitrogen and oxygen atoms in total. The summed E-state index contributed by atoms with van der Waals surface area (Å²) in [5.74, 6) is -1.17. The number of benzene rings is 1. The van der Waals surface area contributed by atoms with Crippen LogP contribution in [-0.4, -0.2) is 14.3 Å². The Hall–Kier alpha value is -1.35. The van der Waals surface area contributed by atoms with Crippen molar-refractivity contribution in [1.82, 2.24) is 0 Å². The molecular weight excluding hydrogens is 374 g/mol. The summed E-state index contributed by atoms with van der Waals surface area (Å²) in [6, 6.07) is 4.64. The van der Waals surface area contributed by atoms with Gasteiger partial charge in [-0.25, -0.2) is 12.8 Å². The van der Waals surface area contributed by atoms with Gasteiger partial charge in [-0.2, -0.15) is 0 Å². The molecule has 22 heavy (non-hydrogen) atoms. The Morgan fingerprint density at radius 1 is 1.27 bits per heavy atom. The first-order chi connectivity index (χ1) is 10.2. The molecule has 10 heteroatoms. The summed E-state index contributed by atoms with van der Waals surface area (Å²) in [6.07, 6.45) is 0. The van der Waals surface area contributed by atoms with E-state index < -0.39 is 21.7 Å². The zero-order valence-corrected chi connectivity index (χ0v) is 14.1. The SMILES string of the molecule is CC(=O)Nc1cc(NS(=O)(=O)c2cc(Cl)sc2Cl)ccc1F. The molecule has 0 aliphatic heterocycles. The molecule has 0 bridgehead atoms. The molecule has 0 saturated heterocycles. The molecule has 1 aromatic heterocycles. The number of sulfonamides is 1. The topological polar surface area (TPSA) is 75.3 Å². The Kier molecular flexibility index (Phi) is 4.96. The smallest absolute Gasteiger partial charge is 0.264 e. The van der Waals surface area contributed by atoms with Gasteiger partial charge >= 0.3 is 0 Å². The number of halogens is 3. The van der Waals surface area contributed by atoms with E-state index in [1.165, 1.54) is 19.1 Å². The maximum Gasteiger partial charge on any atom is 0.264 e. The predicted octanol–water partition coefficient (Wildman–Crippen LogP) is 3.95. The van der Waals surface area contributed by atoms with Crippen LogP contribution in [0.1, 0.15) is 6.92 Å². The number of nitrogens with one attached hydrogen (secondary N) is 2. The van der Waals surface area contributed by atoms with E-state index in [1.807, 2.05) is 0 Å².